The first-order chi connectivity index (χ1) is 10.8. The summed E-state index contributed by atoms with van der Waals surface area (Å²) < 4.78 is 44.7. The number of aromatic nitrogens is 1. The number of β-amino-alcohol motifs (C(OH)–C–C–N with tert-alkyl or cyclic N) is 1. The van der Waals surface area contributed by atoms with Crippen LogP contribution in [-0.4, -0.2) is 27.8 Å². The van der Waals surface area contributed by atoms with Crippen molar-refractivity contribution in [2.24, 2.45) is 0 Å². The molecule has 3 rings (SSSR count). The number of nitrogens with zero attached hydrogens (tertiary/aromatic N) is 2. The van der Waals surface area contributed by atoms with Gasteiger partial charge in [-0.25, -0.2) is 0 Å². The summed E-state index contributed by atoms with van der Waals surface area (Å²) in [5, 5.41) is 13.8. The third kappa shape index (κ3) is 3.40. The highest BCUT2D eigenvalue weighted by atomic mass is 19.4. The zero-order valence-electron chi connectivity index (χ0n) is 12.5. The molecule has 2 heterocycles. The molecule has 0 saturated carbocycles. The van der Waals surface area contributed by atoms with E-state index in [1.807, 2.05) is 4.90 Å². The van der Waals surface area contributed by atoms with Gasteiger partial charge in [-0.15, -0.1) is 0 Å². The molecule has 1 aliphatic heterocycles. The highest BCUT2D eigenvalue weighted by molar-refractivity contribution is 5.33. The number of hydrogen-bond donors (Lipinski definition) is 1. The highest BCUT2D eigenvalue weighted by Crippen LogP contribution is 2.40. The van der Waals surface area contributed by atoms with Gasteiger partial charge in [0.15, 0.2) is 0 Å². The Kier molecular flexibility index (Phi) is 4.16. The molecule has 0 amide bonds. The van der Waals surface area contributed by atoms with Crippen LogP contribution in [0.5, 0.6) is 0 Å². The predicted octanol–water partition coefficient (Wildman–Crippen LogP) is 3.31. The molecule has 7 heteroatoms. The first-order valence-electron chi connectivity index (χ1n) is 7.35. The van der Waals surface area contributed by atoms with Crippen LogP contribution in [0.15, 0.2) is 34.9 Å². The Morgan fingerprint density at radius 1 is 1.35 bits per heavy atom. The van der Waals surface area contributed by atoms with E-state index < -0.39 is 23.9 Å². The van der Waals surface area contributed by atoms with Gasteiger partial charge in [0.1, 0.15) is 5.76 Å². The second kappa shape index (κ2) is 5.98. The maximum atomic E-state index is 13.2. The second-order valence-corrected chi connectivity index (χ2v) is 5.85. The molecule has 1 aromatic carbocycles. The summed E-state index contributed by atoms with van der Waals surface area (Å²) in [7, 11) is 0. The van der Waals surface area contributed by atoms with Gasteiger partial charge in [0.05, 0.1) is 17.4 Å². The lowest BCUT2D eigenvalue weighted by Crippen LogP contribution is -2.26. The summed E-state index contributed by atoms with van der Waals surface area (Å²) in [6.45, 7) is 2.40. The van der Waals surface area contributed by atoms with E-state index in [1.54, 1.807) is 19.1 Å². The summed E-state index contributed by atoms with van der Waals surface area (Å²) in [4.78, 5) is 1.81. The van der Waals surface area contributed by atoms with Crippen LogP contribution in [-0.2, 0) is 12.7 Å². The monoisotopic (exact) mass is 326 g/mol. The van der Waals surface area contributed by atoms with E-state index in [4.69, 9.17) is 4.52 Å². The quantitative estimate of drug-likeness (QED) is 0.940. The molecule has 0 bridgehead atoms. The van der Waals surface area contributed by atoms with Gasteiger partial charge >= 0.3 is 6.18 Å². The van der Waals surface area contributed by atoms with Crippen LogP contribution in [0.2, 0.25) is 0 Å². The highest BCUT2D eigenvalue weighted by Gasteiger charge is 2.39. The molecule has 2 aromatic rings. The molecule has 0 unspecified atom stereocenters. The molecule has 1 saturated heterocycles. The third-order valence-electron chi connectivity index (χ3n) is 4.05. The Balaban J connectivity index is 1.91. The number of aryl methyl sites for hydroxylation is 1. The van der Waals surface area contributed by atoms with E-state index in [-0.39, 0.29) is 12.0 Å². The molecule has 1 aromatic heterocycles. The van der Waals surface area contributed by atoms with Gasteiger partial charge in [-0.2, -0.15) is 13.2 Å². The zero-order valence-corrected chi connectivity index (χ0v) is 12.5. The summed E-state index contributed by atoms with van der Waals surface area (Å²) in [5.41, 5.74) is 0.184. The number of likely N-dealkylation sites (tertiary alicyclic amines) is 1. The van der Waals surface area contributed by atoms with Gasteiger partial charge < -0.3 is 9.63 Å². The third-order valence-corrected chi connectivity index (χ3v) is 4.05. The van der Waals surface area contributed by atoms with Crippen molar-refractivity contribution in [3.05, 3.63) is 52.9 Å². The van der Waals surface area contributed by atoms with Crippen molar-refractivity contribution in [3.63, 3.8) is 0 Å². The van der Waals surface area contributed by atoms with Gasteiger partial charge in [-0.05, 0) is 25.0 Å². The number of benzene rings is 1. The van der Waals surface area contributed by atoms with Crippen molar-refractivity contribution < 1.29 is 22.8 Å². The standard InChI is InChI=1S/C16H17F3N2O2/c1-10-6-11(20-23-10)8-21-9-12(22)7-15(21)13-4-2-3-5-14(13)16(17,18)19/h2-6,12,15,22H,7-9H2,1H3/t12-,15-/m0/s1. The van der Waals surface area contributed by atoms with Crippen molar-refractivity contribution >= 4 is 0 Å². The molecule has 1 aliphatic rings. The van der Waals surface area contributed by atoms with Crippen LogP contribution < -0.4 is 0 Å². The largest absolute Gasteiger partial charge is 0.416 e. The smallest absolute Gasteiger partial charge is 0.392 e. The van der Waals surface area contributed by atoms with Crippen LogP contribution in [0.25, 0.3) is 0 Å². The van der Waals surface area contributed by atoms with Gasteiger partial charge in [0.2, 0.25) is 0 Å². The average molecular weight is 326 g/mol. The van der Waals surface area contributed by atoms with E-state index in [1.165, 1.54) is 12.1 Å². The van der Waals surface area contributed by atoms with Crippen LogP contribution in [0, 0.1) is 6.92 Å². The molecular weight excluding hydrogens is 309 g/mol. The van der Waals surface area contributed by atoms with Crippen molar-refractivity contribution in [2.75, 3.05) is 6.54 Å². The molecule has 124 valence electrons. The lowest BCUT2D eigenvalue weighted by molar-refractivity contribution is -0.138. The topological polar surface area (TPSA) is 49.5 Å². The van der Waals surface area contributed by atoms with Crippen molar-refractivity contribution in [1.82, 2.24) is 10.1 Å². The number of halogens is 3. The summed E-state index contributed by atoms with van der Waals surface area (Å²) in [5.74, 6) is 0.645. The summed E-state index contributed by atoms with van der Waals surface area (Å²) in [6.07, 6.45) is -4.81. The minimum absolute atomic E-state index is 0.191. The lowest BCUT2D eigenvalue weighted by atomic mass is 9.97. The maximum Gasteiger partial charge on any atom is 0.416 e. The molecule has 0 radical (unpaired) electrons. The first-order valence-corrected chi connectivity index (χ1v) is 7.35. The Bertz CT molecular complexity index is 684. The molecule has 0 spiro atoms. The van der Waals surface area contributed by atoms with E-state index in [0.29, 0.717) is 24.5 Å². The van der Waals surface area contributed by atoms with Crippen LogP contribution in [0.4, 0.5) is 13.2 Å². The Morgan fingerprint density at radius 2 is 2.09 bits per heavy atom. The Morgan fingerprint density at radius 3 is 2.74 bits per heavy atom. The predicted molar refractivity (Wildman–Crippen MR) is 76.5 cm³/mol. The first kappa shape index (κ1) is 16.0. The second-order valence-electron chi connectivity index (χ2n) is 5.85. The molecule has 0 aliphatic carbocycles. The normalized spacial score (nSPS) is 22.7. The zero-order chi connectivity index (χ0) is 16.6. The summed E-state index contributed by atoms with van der Waals surface area (Å²) in [6, 6.07) is 6.78. The fraction of sp³-hybridized carbons (Fsp3) is 0.438. The van der Waals surface area contributed by atoms with Crippen molar-refractivity contribution in [1.29, 1.82) is 0 Å². The van der Waals surface area contributed by atoms with Gasteiger partial charge in [-0.3, -0.25) is 4.90 Å². The maximum absolute atomic E-state index is 13.2. The minimum Gasteiger partial charge on any atom is -0.392 e. The number of alkyl halides is 3. The van der Waals surface area contributed by atoms with E-state index >= 15 is 0 Å². The summed E-state index contributed by atoms with van der Waals surface area (Å²) >= 11 is 0. The fourth-order valence-electron chi connectivity index (χ4n) is 3.12. The molecular formula is C16H17F3N2O2. The molecule has 1 fully saturated rings. The van der Waals surface area contributed by atoms with Crippen molar-refractivity contribution in [3.8, 4) is 0 Å². The minimum atomic E-state index is -4.42. The number of aliphatic hydroxyl groups is 1. The Hall–Kier alpha value is -1.86. The van der Waals surface area contributed by atoms with Crippen LogP contribution >= 0.6 is 0 Å². The molecule has 2 atom stereocenters. The van der Waals surface area contributed by atoms with Gasteiger partial charge in [0.25, 0.3) is 0 Å². The van der Waals surface area contributed by atoms with E-state index in [0.717, 1.165) is 6.07 Å². The number of hydrogen-bond acceptors (Lipinski definition) is 4. The van der Waals surface area contributed by atoms with E-state index in [9.17, 15) is 18.3 Å². The fourth-order valence-corrected chi connectivity index (χ4v) is 3.12. The lowest BCUT2D eigenvalue weighted by Gasteiger charge is -2.26. The van der Waals surface area contributed by atoms with Gasteiger partial charge in [0, 0.05) is 25.2 Å². The van der Waals surface area contributed by atoms with Gasteiger partial charge in [-0.1, -0.05) is 23.4 Å². The Labute approximate surface area is 131 Å². The van der Waals surface area contributed by atoms with E-state index in [2.05, 4.69) is 5.16 Å². The SMILES string of the molecule is Cc1cc(CN2C[C@@H](O)C[C@H]2c2ccccc2C(F)(F)F)no1. The average Bonchev–Trinajstić information content (AvgIpc) is 3.04. The number of aliphatic hydroxyl groups excluding tert-OH is 1. The number of rotatable bonds is 3. The van der Waals surface area contributed by atoms with Crippen LogP contribution in [0.3, 0.4) is 0 Å². The van der Waals surface area contributed by atoms with Crippen LogP contribution in [0.1, 0.15) is 35.0 Å². The van der Waals surface area contributed by atoms with Crippen molar-refractivity contribution in [2.45, 2.75) is 38.2 Å². The molecule has 1 N–H and O–H groups in total. The molecule has 4 nitrogen and oxygen atoms in total. The molecule has 23 heavy (non-hydrogen) atoms.